The molecule has 0 bridgehead atoms. The van der Waals surface area contributed by atoms with Gasteiger partial charge in [0.1, 0.15) is 5.82 Å². The van der Waals surface area contributed by atoms with E-state index in [0.29, 0.717) is 5.82 Å². The van der Waals surface area contributed by atoms with E-state index >= 15 is 0 Å². The Morgan fingerprint density at radius 2 is 2.20 bits per heavy atom. The van der Waals surface area contributed by atoms with E-state index in [0.717, 1.165) is 37.4 Å². The Bertz CT molecular complexity index is 561. The monoisotopic (exact) mass is 270 g/mol. The number of hydrogen-bond acceptors (Lipinski definition) is 5. The Hall–Kier alpha value is -1.98. The normalized spacial score (nSPS) is 19.9. The lowest BCUT2D eigenvalue weighted by atomic mass is 10.1. The van der Waals surface area contributed by atoms with Crippen molar-refractivity contribution in [3.63, 3.8) is 0 Å². The van der Waals surface area contributed by atoms with Crippen LogP contribution in [0.2, 0.25) is 0 Å². The fourth-order valence-electron chi connectivity index (χ4n) is 2.44. The number of hydrogen-bond donors (Lipinski definition) is 1. The maximum Gasteiger partial charge on any atom is 0.127 e. The van der Waals surface area contributed by atoms with Crippen LogP contribution in [0, 0.1) is 0 Å². The molecule has 0 radical (unpaired) electrons. The molecule has 1 aliphatic rings. The molecule has 0 aromatic carbocycles. The fraction of sp³-hybridized carbons (Fsp3) is 0.333. The van der Waals surface area contributed by atoms with Crippen LogP contribution in [0.5, 0.6) is 0 Å². The van der Waals surface area contributed by atoms with Crippen molar-refractivity contribution in [3.05, 3.63) is 54.0 Å². The lowest BCUT2D eigenvalue weighted by Crippen LogP contribution is -2.38. The van der Waals surface area contributed by atoms with Crippen molar-refractivity contribution in [2.45, 2.75) is 12.6 Å². The molecule has 0 unspecified atom stereocenters. The first-order chi connectivity index (χ1) is 9.83. The van der Waals surface area contributed by atoms with E-state index in [2.05, 4.69) is 20.9 Å². The molecule has 1 fully saturated rings. The van der Waals surface area contributed by atoms with Gasteiger partial charge in [0.2, 0.25) is 0 Å². The van der Waals surface area contributed by atoms with Crippen molar-refractivity contribution in [2.75, 3.05) is 25.4 Å². The van der Waals surface area contributed by atoms with Gasteiger partial charge in [-0.05, 0) is 12.1 Å². The molecule has 104 valence electrons. The zero-order valence-corrected chi connectivity index (χ0v) is 11.3. The fourth-order valence-corrected chi connectivity index (χ4v) is 2.44. The highest BCUT2D eigenvalue weighted by Gasteiger charge is 2.22. The standard InChI is InChI=1S/C15H18N4O/c16-15-13(4-2-6-18-15)10-19-7-8-20-14(11-19)12-3-1-5-17-9-12/h1-6,9,14H,7-8,10-11H2,(H2,16,18)/t14-/m1/s1. The van der Waals surface area contributed by atoms with Gasteiger partial charge in [0, 0.05) is 49.4 Å². The van der Waals surface area contributed by atoms with Crippen LogP contribution in [-0.4, -0.2) is 34.6 Å². The highest BCUT2D eigenvalue weighted by atomic mass is 16.5. The molecule has 5 heteroatoms. The summed E-state index contributed by atoms with van der Waals surface area (Å²) in [7, 11) is 0. The summed E-state index contributed by atoms with van der Waals surface area (Å²) < 4.78 is 5.83. The van der Waals surface area contributed by atoms with Gasteiger partial charge in [0.05, 0.1) is 12.7 Å². The highest BCUT2D eigenvalue weighted by molar-refractivity contribution is 5.38. The Morgan fingerprint density at radius 1 is 1.30 bits per heavy atom. The van der Waals surface area contributed by atoms with Gasteiger partial charge in [0.25, 0.3) is 0 Å². The molecule has 2 N–H and O–H groups in total. The quantitative estimate of drug-likeness (QED) is 0.918. The van der Waals surface area contributed by atoms with Crippen LogP contribution in [-0.2, 0) is 11.3 Å². The van der Waals surface area contributed by atoms with Crippen LogP contribution in [0.4, 0.5) is 5.82 Å². The van der Waals surface area contributed by atoms with Gasteiger partial charge in [-0.2, -0.15) is 0 Å². The van der Waals surface area contributed by atoms with Gasteiger partial charge in [0.15, 0.2) is 0 Å². The minimum Gasteiger partial charge on any atom is -0.383 e. The first-order valence-corrected chi connectivity index (χ1v) is 6.76. The van der Waals surface area contributed by atoms with Gasteiger partial charge >= 0.3 is 0 Å². The second kappa shape index (κ2) is 5.98. The van der Waals surface area contributed by atoms with E-state index in [9.17, 15) is 0 Å². The molecule has 0 saturated carbocycles. The molecule has 0 amide bonds. The average molecular weight is 270 g/mol. The molecule has 1 saturated heterocycles. The topological polar surface area (TPSA) is 64.3 Å². The summed E-state index contributed by atoms with van der Waals surface area (Å²) in [5, 5.41) is 0. The third kappa shape index (κ3) is 2.95. The molecule has 1 aliphatic heterocycles. The lowest BCUT2D eigenvalue weighted by molar-refractivity contribution is -0.0330. The van der Waals surface area contributed by atoms with E-state index in [4.69, 9.17) is 10.5 Å². The Kier molecular flexibility index (Phi) is 3.90. The molecule has 2 aromatic rings. The van der Waals surface area contributed by atoms with E-state index in [1.165, 1.54) is 0 Å². The van der Waals surface area contributed by atoms with Crippen molar-refractivity contribution in [3.8, 4) is 0 Å². The molecule has 0 spiro atoms. The molecule has 3 heterocycles. The highest BCUT2D eigenvalue weighted by Crippen LogP contribution is 2.23. The van der Waals surface area contributed by atoms with E-state index in [1.54, 1.807) is 12.4 Å². The van der Waals surface area contributed by atoms with Crippen LogP contribution in [0.25, 0.3) is 0 Å². The van der Waals surface area contributed by atoms with E-state index in [1.807, 2.05) is 24.4 Å². The Labute approximate surface area is 118 Å². The number of rotatable bonds is 3. The molecule has 20 heavy (non-hydrogen) atoms. The Balaban J connectivity index is 1.68. The minimum absolute atomic E-state index is 0.0790. The minimum atomic E-state index is 0.0790. The summed E-state index contributed by atoms with van der Waals surface area (Å²) in [6, 6.07) is 7.94. The second-order valence-corrected chi connectivity index (χ2v) is 4.93. The maximum absolute atomic E-state index is 5.90. The predicted octanol–water partition coefficient (Wildman–Crippen LogP) is 1.63. The molecule has 1 atom stereocenters. The van der Waals surface area contributed by atoms with Gasteiger partial charge in [-0.25, -0.2) is 4.98 Å². The van der Waals surface area contributed by atoms with Crippen molar-refractivity contribution in [1.29, 1.82) is 0 Å². The van der Waals surface area contributed by atoms with Crippen LogP contribution < -0.4 is 5.73 Å². The number of ether oxygens (including phenoxy) is 1. The number of anilines is 1. The number of aromatic nitrogens is 2. The first kappa shape index (κ1) is 13.0. The molecular weight excluding hydrogens is 252 g/mol. The van der Waals surface area contributed by atoms with E-state index in [-0.39, 0.29) is 6.10 Å². The summed E-state index contributed by atoms with van der Waals surface area (Å²) in [6.45, 7) is 3.28. The summed E-state index contributed by atoms with van der Waals surface area (Å²) in [5.41, 5.74) is 8.09. The van der Waals surface area contributed by atoms with Gasteiger partial charge in [-0.3, -0.25) is 9.88 Å². The zero-order valence-electron chi connectivity index (χ0n) is 11.3. The van der Waals surface area contributed by atoms with Crippen molar-refractivity contribution < 1.29 is 4.74 Å². The van der Waals surface area contributed by atoms with Crippen molar-refractivity contribution in [2.24, 2.45) is 0 Å². The summed E-state index contributed by atoms with van der Waals surface area (Å²) >= 11 is 0. The summed E-state index contributed by atoms with van der Waals surface area (Å²) in [6.07, 6.45) is 5.44. The molecule has 0 aliphatic carbocycles. The number of nitrogens with two attached hydrogens (primary N) is 1. The maximum atomic E-state index is 5.90. The summed E-state index contributed by atoms with van der Waals surface area (Å²) in [4.78, 5) is 10.6. The number of nitrogen functional groups attached to an aromatic ring is 1. The summed E-state index contributed by atoms with van der Waals surface area (Å²) in [5.74, 6) is 0.608. The smallest absolute Gasteiger partial charge is 0.127 e. The molecule has 2 aromatic heterocycles. The predicted molar refractivity (Wildman–Crippen MR) is 76.9 cm³/mol. The van der Waals surface area contributed by atoms with Gasteiger partial charge in [-0.1, -0.05) is 12.1 Å². The Morgan fingerprint density at radius 3 is 3.00 bits per heavy atom. The van der Waals surface area contributed by atoms with Gasteiger partial charge in [-0.15, -0.1) is 0 Å². The van der Waals surface area contributed by atoms with Crippen LogP contribution >= 0.6 is 0 Å². The van der Waals surface area contributed by atoms with Gasteiger partial charge < -0.3 is 10.5 Å². The molecule has 3 rings (SSSR count). The first-order valence-electron chi connectivity index (χ1n) is 6.76. The third-order valence-corrected chi connectivity index (χ3v) is 3.53. The molecular formula is C15H18N4O. The van der Waals surface area contributed by atoms with Crippen molar-refractivity contribution >= 4 is 5.82 Å². The third-order valence-electron chi connectivity index (χ3n) is 3.53. The van der Waals surface area contributed by atoms with Crippen molar-refractivity contribution in [1.82, 2.24) is 14.9 Å². The second-order valence-electron chi connectivity index (χ2n) is 4.93. The number of morpholine rings is 1. The SMILES string of the molecule is Nc1ncccc1CN1CCO[C@@H](c2cccnc2)C1. The lowest BCUT2D eigenvalue weighted by Gasteiger charge is -2.33. The average Bonchev–Trinajstić information content (AvgIpc) is 2.51. The molecule has 5 nitrogen and oxygen atoms in total. The number of pyridine rings is 2. The van der Waals surface area contributed by atoms with Crippen LogP contribution in [0.3, 0.4) is 0 Å². The number of nitrogens with zero attached hydrogens (tertiary/aromatic N) is 3. The van der Waals surface area contributed by atoms with Crippen LogP contribution in [0.15, 0.2) is 42.9 Å². The van der Waals surface area contributed by atoms with Crippen LogP contribution in [0.1, 0.15) is 17.2 Å². The zero-order chi connectivity index (χ0) is 13.8. The van der Waals surface area contributed by atoms with E-state index < -0.39 is 0 Å². The largest absolute Gasteiger partial charge is 0.383 e.